The number of aryl methyl sites for hydroxylation is 2. The van der Waals surface area contributed by atoms with Gasteiger partial charge >= 0.3 is 0 Å². The summed E-state index contributed by atoms with van der Waals surface area (Å²) in [5.41, 5.74) is 4.16. The average Bonchev–Trinajstić information content (AvgIpc) is 2.87. The summed E-state index contributed by atoms with van der Waals surface area (Å²) in [6, 6.07) is 22.7. The molecule has 0 aliphatic carbocycles. The van der Waals surface area contributed by atoms with Gasteiger partial charge < -0.3 is 10.2 Å². The summed E-state index contributed by atoms with van der Waals surface area (Å²) in [4.78, 5) is 28.2. The summed E-state index contributed by atoms with van der Waals surface area (Å²) in [6.45, 7) is 2.38. The van der Waals surface area contributed by atoms with Gasteiger partial charge in [0.2, 0.25) is 11.8 Å². The molecule has 178 valence electrons. The molecule has 1 unspecified atom stereocenters. The standard InChI is InChI=1S/C28H30Cl2N2O2/c1-3-20-9-11-21(12-10-20)14-16-27(33)32(19-23-13-15-24(29)25(30)17-23)26(28(34)31-2)18-22-7-5-4-6-8-22/h4-13,15,17,26H,3,14,16,18-19H2,1-2H3,(H,31,34). The van der Waals surface area contributed by atoms with Gasteiger partial charge in [0.05, 0.1) is 10.0 Å². The van der Waals surface area contributed by atoms with Crippen molar-refractivity contribution >= 4 is 35.0 Å². The van der Waals surface area contributed by atoms with Gasteiger partial charge in [-0.3, -0.25) is 9.59 Å². The van der Waals surface area contributed by atoms with E-state index in [0.717, 1.165) is 23.1 Å². The monoisotopic (exact) mass is 496 g/mol. The lowest BCUT2D eigenvalue weighted by molar-refractivity contribution is -0.141. The van der Waals surface area contributed by atoms with Crippen LogP contribution < -0.4 is 5.32 Å². The van der Waals surface area contributed by atoms with Crippen LogP contribution in [-0.4, -0.2) is 29.8 Å². The summed E-state index contributed by atoms with van der Waals surface area (Å²) < 4.78 is 0. The van der Waals surface area contributed by atoms with E-state index in [0.29, 0.717) is 29.3 Å². The lowest BCUT2D eigenvalue weighted by Crippen LogP contribution is -2.49. The van der Waals surface area contributed by atoms with E-state index in [1.165, 1.54) is 5.56 Å². The SMILES string of the molecule is CCc1ccc(CCC(=O)N(Cc2ccc(Cl)c(Cl)c2)C(Cc2ccccc2)C(=O)NC)cc1. The first-order valence-electron chi connectivity index (χ1n) is 11.5. The van der Waals surface area contributed by atoms with Crippen molar-refractivity contribution in [1.29, 1.82) is 0 Å². The number of amides is 2. The highest BCUT2D eigenvalue weighted by molar-refractivity contribution is 6.42. The van der Waals surface area contributed by atoms with Crippen LogP contribution in [-0.2, 0) is 35.4 Å². The van der Waals surface area contributed by atoms with E-state index in [1.54, 1.807) is 24.1 Å². The highest BCUT2D eigenvalue weighted by atomic mass is 35.5. The molecule has 0 aromatic heterocycles. The second-order valence-electron chi connectivity index (χ2n) is 8.26. The molecule has 0 aliphatic heterocycles. The zero-order chi connectivity index (χ0) is 24.5. The molecule has 2 amide bonds. The normalized spacial score (nSPS) is 11.6. The Balaban J connectivity index is 1.87. The first kappa shape index (κ1) is 25.8. The number of hydrogen-bond donors (Lipinski definition) is 1. The van der Waals surface area contributed by atoms with E-state index in [9.17, 15) is 9.59 Å². The summed E-state index contributed by atoms with van der Waals surface area (Å²) in [7, 11) is 1.59. The smallest absolute Gasteiger partial charge is 0.242 e. The van der Waals surface area contributed by atoms with Gasteiger partial charge in [-0.15, -0.1) is 0 Å². The zero-order valence-corrected chi connectivity index (χ0v) is 21.1. The van der Waals surface area contributed by atoms with Gasteiger partial charge in [-0.2, -0.15) is 0 Å². The van der Waals surface area contributed by atoms with Gasteiger partial charge in [-0.05, 0) is 47.2 Å². The molecular formula is C28H30Cl2N2O2. The largest absolute Gasteiger partial charge is 0.357 e. The lowest BCUT2D eigenvalue weighted by atomic mass is 10.0. The van der Waals surface area contributed by atoms with Gasteiger partial charge in [0, 0.05) is 26.4 Å². The van der Waals surface area contributed by atoms with Crippen molar-refractivity contribution < 1.29 is 9.59 Å². The summed E-state index contributed by atoms with van der Waals surface area (Å²) >= 11 is 12.3. The van der Waals surface area contributed by atoms with Crippen molar-refractivity contribution in [2.45, 2.75) is 45.2 Å². The van der Waals surface area contributed by atoms with Gasteiger partial charge in [-0.1, -0.05) is 90.8 Å². The molecule has 0 saturated carbocycles. The third-order valence-corrected chi connectivity index (χ3v) is 6.65. The Morgan fingerprint density at radius 1 is 0.853 bits per heavy atom. The molecule has 0 fully saturated rings. The molecule has 0 bridgehead atoms. The van der Waals surface area contributed by atoms with Crippen LogP contribution in [0, 0.1) is 0 Å². The summed E-state index contributed by atoms with van der Waals surface area (Å²) in [5, 5.41) is 3.60. The Labute approximate surface area is 211 Å². The van der Waals surface area contributed by atoms with Crippen LogP contribution >= 0.6 is 23.2 Å². The van der Waals surface area contributed by atoms with Crippen LogP contribution in [0.4, 0.5) is 0 Å². The first-order valence-corrected chi connectivity index (χ1v) is 12.2. The summed E-state index contributed by atoms with van der Waals surface area (Å²) in [6.07, 6.45) is 2.30. The highest BCUT2D eigenvalue weighted by Gasteiger charge is 2.29. The van der Waals surface area contributed by atoms with Crippen molar-refractivity contribution in [3.63, 3.8) is 0 Å². The second-order valence-corrected chi connectivity index (χ2v) is 9.07. The molecule has 3 aromatic rings. The number of hydrogen-bond acceptors (Lipinski definition) is 2. The van der Waals surface area contributed by atoms with Gasteiger partial charge in [0.1, 0.15) is 6.04 Å². The second kappa shape index (κ2) is 12.6. The zero-order valence-electron chi connectivity index (χ0n) is 19.6. The van der Waals surface area contributed by atoms with Crippen molar-refractivity contribution in [1.82, 2.24) is 10.2 Å². The molecule has 4 nitrogen and oxygen atoms in total. The Morgan fingerprint density at radius 2 is 1.50 bits per heavy atom. The van der Waals surface area contributed by atoms with Crippen LogP contribution in [0.5, 0.6) is 0 Å². The number of carbonyl (C=O) groups excluding carboxylic acids is 2. The molecule has 3 aromatic carbocycles. The fourth-order valence-electron chi connectivity index (χ4n) is 3.89. The maximum Gasteiger partial charge on any atom is 0.242 e. The van der Waals surface area contributed by atoms with Crippen LogP contribution in [0.2, 0.25) is 10.0 Å². The molecule has 6 heteroatoms. The Kier molecular flexibility index (Phi) is 9.55. The van der Waals surface area contributed by atoms with Crippen molar-refractivity contribution in [3.8, 4) is 0 Å². The van der Waals surface area contributed by atoms with Crippen LogP contribution in [0.1, 0.15) is 35.6 Å². The Bertz CT molecular complexity index is 1100. The molecule has 3 rings (SSSR count). The van der Waals surface area contributed by atoms with Crippen LogP contribution in [0.15, 0.2) is 72.8 Å². The average molecular weight is 497 g/mol. The minimum Gasteiger partial charge on any atom is -0.357 e. The number of rotatable bonds is 10. The number of nitrogens with zero attached hydrogens (tertiary/aromatic N) is 1. The van der Waals surface area contributed by atoms with E-state index >= 15 is 0 Å². The number of likely N-dealkylation sites (N-methyl/N-ethyl adjacent to an activating group) is 1. The van der Waals surface area contributed by atoms with E-state index in [1.807, 2.05) is 36.4 Å². The number of halogens is 2. The van der Waals surface area contributed by atoms with E-state index in [2.05, 4.69) is 36.5 Å². The molecule has 34 heavy (non-hydrogen) atoms. The quantitative estimate of drug-likeness (QED) is 0.381. The number of benzene rings is 3. The minimum atomic E-state index is -0.656. The number of carbonyl (C=O) groups is 2. The lowest BCUT2D eigenvalue weighted by Gasteiger charge is -2.31. The Morgan fingerprint density at radius 3 is 2.12 bits per heavy atom. The molecule has 0 radical (unpaired) electrons. The van der Waals surface area contributed by atoms with E-state index < -0.39 is 6.04 Å². The van der Waals surface area contributed by atoms with Gasteiger partial charge in [-0.25, -0.2) is 0 Å². The fourth-order valence-corrected chi connectivity index (χ4v) is 4.21. The third kappa shape index (κ3) is 7.09. The van der Waals surface area contributed by atoms with Gasteiger partial charge in [0.25, 0.3) is 0 Å². The topological polar surface area (TPSA) is 49.4 Å². The van der Waals surface area contributed by atoms with Crippen LogP contribution in [0.3, 0.4) is 0 Å². The maximum atomic E-state index is 13.5. The highest BCUT2D eigenvalue weighted by Crippen LogP contribution is 2.24. The molecule has 1 atom stereocenters. The molecule has 0 aliphatic rings. The first-order chi connectivity index (χ1) is 16.4. The third-order valence-electron chi connectivity index (χ3n) is 5.91. The molecule has 1 N–H and O–H groups in total. The maximum absolute atomic E-state index is 13.5. The number of nitrogens with one attached hydrogen (secondary N) is 1. The predicted molar refractivity (Wildman–Crippen MR) is 139 cm³/mol. The summed E-state index contributed by atoms with van der Waals surface area (Å²) in [5.74, 6) is -0.292. The molecule has 0 spiro atoms. The Hall–Kier alpha value is -2.82. The van der Waals surface area contributed by atoms with Crippen LogP contribution in [0.25, 0.3) is 0 Å². The minimum absolute atomic E-state index is 0.0878. The molecular weight excluding hydrogens is 467 g/mol. The molecule has 0 saturated heterocycles. The van der Waals surface area contributed by atoms with E-state index in [-0.39, 0.29) is 18.4 Å². The molecule has 0 heterocycles. The van der Waals surface area contributed by atoms with Crippen molar-refractivity contribution in [2.75, 3.05) is 7.05 Å². The van der Waals surface area contributed by atoms with E-state index in [4.69, 9.17) is 23.2 Å². The van der Waals surface area contributed by atoms with Crippen molar-refractivity contribution in [3.05, 3.63) is 105 Å². The predicted octanol–water partition coefficient (Wildman–Crippen LogP) is 5.87. The van der Waals surface area contributed by atoms with Crippen molar-refractivity contribution in [2.24, 2.45) is 0 Å². The van der Waals surface area contributed by atoms with Gasteiger partial charge in [0.15, 0.2) is 0 Å². The fraction of sp³-hybridized carbons (Fsp3) is 0.286.